The number of hydrogen-bond acceptors (Lipinski definition) is 7. The van der Waals surface area contributed by atoms with Crippen molar-refractivity contribution in [3.05, 3.63) is 41.2 Å². The van der Waals surface area contributed by atoms with Crippen LogP contribution in [0, 0.1) is 11.6 Å². The van der Waals surface area contributed by atoms with Crippen LogP contribution in [-0.4, -0.2) is 64.3 Å². The minimum absolute atomic E-state index is 0.00840. The number of rotatable bonds is 7. The van der Waals surface area contributed by atoms with Gasteiger partial charge in [-0.3, -0.25) is 4.79 Å². The quantitative estimate of drug-likeness (QED) is 0.636. The van der Waals surface area contributed by atoms with E-state index in [1.54, 1.807) is 11.8 Å². The molecule has 0 spiro atoms. The molecular formula is C24H31F2N5O3. The van der Waals surface area contributed by atoms with Crippen LogP contribution < -0.4 is 15.0 Å². The number of halogens is 2. The average Bonchev–Trinajstić information content (AvgIpc) is 2.81. The molecule has 0 saturated carbocycles. The Kier molecular flexibility index (Phi) is 7.45. The molecule has 10 heteroatoms. The molecule has 4 rings (SSSR count). The monoisotopic (exact) mass is 475 g/mol. The molecule has 1 aromatic heterocycles. The van der Waals surface area contributed by atoms with Crippen LogP contribution in [-0.2, 0) is 17.8 Å². The summed E-state index contributed by atoms with van der Waals surface area (Å²) in [5, 5.41) is 12.7. The lowest BCUT2D eigenvalue weighted by Gasteiger charge is -2.35. The fraction of sp³-hybridized carbons (Fsp3) is 0.542. The first-order valence-corrected chi connectivity index (χ1v) is 11.7. The highest BCUT2D eigenvalue weighted by Crippen LogP contribution is 2.31. The Labute approximate surface area is 197 Å². The van der Waals surface area contributed by atoms with Crippen LogP contribution in [0.2, 0.25) is 0 Å². The normalized spacial score (nSPS) is 17.3. The Morgan fingerprint density at radius 1 is 1.24 bits per heavy atom. The highest BCUT2D eigenvalue weighted by atomic mass is 19.1. The summed E-state index contributed by atoms with van der Waals surface area (Å²) in [6.07, 6.45) is 2.33. The van der Waals surface area contributed by atoms with Crippen molar-refractivity contribution < 1.29 is 23.4 Å². The van der Waals surface area contributed by atoms with Crippen LogP contribution in [0.1, 0.15) is 44.5 Å². The topological polar surface area (TPSA) is 90.8 Å². The van der Waals surface area contributed by atoms with Gasteiger partial charge in [0.25, 0.3) is 0 Å². The predicted molar refractivity (Wildman–Crippen MR) is 124 cm³/mol. The molecule has 8 nitrogen and oxygen atoms in total. The van der Waals surface area contributed by atoms with Crippen LogP contribution in [0.15, 0.2) is 18.2 Å². The molecule has 2 aromatic rings. The number of amides is 1. The number of piperidine rings is 1. The number of carbonyl (C=O) groups excluding carboxylic acids is 1. The number of benzene rings is 1. The lowest BCUT2D eigenvalue weighted by atomic mass is 10.1. The van der Waals surface area contributed by atoms with Crippen LogP contribution in [0.3, 0.4) is 0 Å². The summed E-state index contributed by atoms with van der Waals surface area (Å²) in [6.45, 7) is 5.92. The molecule has 34 heavy (non-hydrogen) atoms. The van der Waals surface area contributed by atoms with Gasteiger partial charge in [-0.15, -0.1) is 0 Å². The molecule has 1 aromatic carbocycles. The molecule has 2 aliphatic heterocycles. The molecule has 0 radical (unpaired) electrons. The van der Waals surface area contributed by atoms with Gasteiger partial charge >= 0.3 is 0 Å². The minimum Gasteiger partial charge on any atom is -0.487 e. The van der Waals surface area contributed by atoms with Crippen molar-refractivity contribution in [1.29, 1.82) is 0 Å². The number of fused-ring (bicyclic) bond motifs is 1. The summed E-state index contributed by atoms with van der Waals surface area (Å²) in [6, 6.07) is 3.33. The molecule has 184 valence electrons. The number of ether oxygens (including phenoxy) is 1. The summed E-state index contributed by atoms with van der Waals surface area (Å²) in [4.78, 5) is 25.5. The first-order valence-electron chi connectivity index (χ1n) is 11.7. The first-order chi connectivity index (χ1) is 16.3. The third kappa shape index (κ3) is 5.55. The average molecular weight is 476 g/mol. The summed E-state index contributed by atoms with van der Waals surface area (Å²) in [7, 11) is 0. The molecule has 1 amide bonds. The van der Waals surface area contributed by atoms with Gasteiger partial charge in [-0.2, -0.15) is 0 Å². The van der Waals surface area contributed by atoms with E-state index in [1.165, 1.54) is 12.1 Å². The Balaban J connectivity index is 1.50. The van der Waals surface area contributed by atoms with Gasteiger partial charge in [0.1, 0.15) is 11.9 Å². The Morgan fingerprint density at radius 3 is 2.68 bits per heavy atom. The maximum absolute atomic E-state index is 14.0. The van der Waals surface area contributed by atoms with Gasteiger partial charge in [-0.25, -0.2) is 18.7 Å². The zero-order valence-corrected chi connectivity index (χ0v) is 19.6. The number of aliphatic hydroxyl groups excluding tert-OH is 1. The molecule has 1 atom stereocenters. The molecule has 1 saturated heterocycles. The van der Waals surface area contributed by atoms with E-state index in [0.717, 1.165) is 23.3 Å². The van der Waals surface area contributed by atoms with E-state index in [4.69, 9.17) is 14.7 Å². The van der Waals surface area contributed by atoms with Gasteiger partial charge in [0.05, 0.1) is 17.9 Å². The Hall–Kier alpha value is -3.01. The van der Waals surface area contributed by atoms with Crippen molar-refractivity contribution in [2.24, 2.45) is 0 Å². The van der Waals surface area contributed by atoms with E-state index < -0.39 is 11.6 Å². The Morgan fingerprint density at radius 2 is 2.00 bits per heavy atom. The summed E-state index contributed by atoms with van der Waals surface area (Å²) >= 11 is 0. The molecule has 2 N–H and O–H groups in total. The van der Waals surface area contributed by atoms with E-state index in [-0.39, 0.29) is 30.4 Å². The first kappa shape index (κ1) is 24.1. The fourth-order valence-corrected chi connectivity index (χ4v) is 4.34. The second-order valence-corrected chi connectivity index (χ2v) is 8.92. The van der Waals surface area contributed by atoms with Crippen molar-refractivity contribution in [1.82, 2.24) is 14.9 Å². The van der Waals surface area contributed by atoms with E-state index in [9.17, 15) is 18.7 Å². The van der Waals surface area contributed by atoms with E-state index >= 15 is 0 Å². The van der Waals surface area contributed by atoms with Gasteiger partial charge in [0.15, 0.2) is 23.2 Å². The van der Waals surface area contributed by atoms with Gasteiger partial charge < -0.3 is 25.0 Å². The van der Waals surface area contributed by atoms with Gasteiger partial charge in [-0.05, 0) is 25.5 Å². The summed E-state index contributed by atoms with van der Waals surface area (Å²) < 4.78 is 32.9. The van der Waals surface area contributed by atoms with E-state index in [2.05, 4.69) is 10.2 Å². The zero-order chi connectivity index (χ0) is 24.2. The van der Waals surface area contributed by atoms with Crippen molar-refractivity contribution in [3.63, 3.8) is 0 Å². The number of nitrogens with one attached hydrogen (secondary N) is 1. The third-order valence-electron chi connectivity index (χ3n) is 6.31. The molecule has 0 unspecified atom stereocenters. The Bertz CT molecular complexity index is 1030. The lowest BCUT2D eigenvalue weighted by molar-refractivity contribution is -0.129. The van der Waals surface area contributed by atoms with Crippen molar-refractivity contribution in [2.75, 3.05) is 36.5 Å². The zero-order valence-electron chi connectivity index (χ0n) is 19.6. The molecule has 3 heterocycles. The summed E-state index contributed by atoms with van der Waals surface area (Å²) in [5.74, 6) is 0.114. The smallest absolute Gasteiger partial charge is 0.219 e. The van der Waals surface area contributed by atoms with Crippen LogP contribution >= 0.6 is 0 Å². The maximum Gasteiger partial charge on any atom is 0.219 e. The predicted octanol–water partition coefficient (Wildman–Crippen LogP) is 2.89. The largest absolute Gasteiger partial charge is 0.487 e. The second kappa shape index (κ2) is 10.5. The lowest BCUT2D eigenvalue weighted by Crippen LogP contribution is -2.40. The number of carbonyl (C=O) groups is 1. The van der Waals surface area contributed by atoms with Crippen molar-refractivity contribution in [3.8, 4) is 5.75 Å². The maximum atomic E-state index is 14.0. The third-order valence-corrected chi connectivity index (χ3v) is 6.31. The number of anilines is 2. The summed E-state index contributed by atoms with van der Waals surface area (Å²) in [5.41, 5.74) is 1.67. The van der Waals surface area contributed by atoms with Crippen molar-refractivity contribution >= 4 is 17.5 Å². The van der Waals surface area contributed by atoms with Crippen LogP contribution in [0.4, 0.5) is 20.4 Å². The number of nitrogens with zero attached hydrogens (tertiary/aromatic N) is 4. The number of hydrogen-bond donors (Lipinski definition) is 2. The molecular weight excluding hydrogens is 444 g/mol. The van der Waals surface area contributed by atoms with Crippen LogP contribution in [0.5, 0.6) is 5.75 Å². The van der Waals surface area contributed by atoms with Crippen LogP contribution in [0.25, 0.3) is 0 Å². The van der Waals surface area contributed by atoms with Gasteiger partial charge in [-0.1, -0.05) is 0 Å². The van der Waals surface area contributed by atoms with Gasteiger partial charge in [0, 0.05) is 64.5 Å². The minimum atomic E-state index is -0.702. The molecule has 0 aliphatic carbocycles. The van der Waals surface area contributed by atoms with Crippen molar-refractivity contribution in [2.45, 2.75) is 58.2 Å². The van der Waals surface area contributed by atoms with E-state index in [1.807, 2.05) is 6.92 Å². The molecule has 1 fully saturated rings. The fourth-order valence-electron chi connectivity index (χ4n) is 4.34. The highest BCUT2D eigenvalue weighted by molar-refractivity contribution is 5.73. The van der Waals surface area contributed by atoms with E-state index in [0.29, 0.717) is 57.7 Å². The standard InChI is InChI=1S/C24H31F2N5O3/c1-15(8-12-32)27-23-24(29-20-7-11-31(16(2)33)14-21(20)28-23)30-9-5-18(6-10-30)34-22-4-3-17(25)13-19(22)26/h3-4,13,15,18,32H,5-12,14H2,1-2H3,(H,27,28)/t15-/m0/s1. The SMILES string of the molecule is CC(=O)N1CCc2nc(N3CCC(Oc4ccc(F)cc4F)CC3)c(N[C@@H](C)CCO)nc2C1. The number of aliphatic hydroxyl groups is 1. The molecule has 2 aliphatic rings. The second-order valence-electron chi connectivity index (χ2n) is 8.92. The number of aromatic nitrogens is 2. The highest BCUT2D eigenvalue weighted by Gasteiger charge is 2.28. The van der Waals surface area contributed by atoms with Gasteiger partial charge in [0.2, 0.25) is 5.91 Å². The molecule has 0 bridgehead atoms.